The number of benzene rings is 1. The maximum atomic E-state index is 5.79. The fraction of sp³-hybridized carbons (Fsp3) is 0.391. The first kappa shape index (κ1) is 20.1. The second kappa shape index (κ2) is 8.72. The Balaban J connectivity index is 1.36. The van der Waals surface area contributed by atoms with E-state index in [1.165, 1.54) is 4.88 Å². The molecule has 0 aliphatic carbocycles. The van der Waals surface area contributed by atoms with Gasteiger partial charge < -0.3 is 19.5 Å². The van der Waals surface area contributed by atoms with E-state index in [1.54, 1.807) is 18.4 Å². The quantitative estimate of drug-likeness (QED) is 0.598. The van der Waals surface area contributed by atoms with Crippen LogP contribution < -0.4 is 19.5 Å². The average molecular weight is 439 g/mol. The predicted octanol–water partition coefficient (Wildman–Crippen LogP) is 4.71. The molecule has 1 fully saturated rings. The van der Waals surface area contributed by atoms with Crippen molar-refractivity contribution in [1.82, 2.24) is 14.9 Å². The maximum Gasteiger partial charge on any atom is 0.188 e. The molecule has 31 heavy (non-hydrogen) atoms. The predicted molar refractivity (Wildman–Crippen MR) is 121 cm³/mol. The Bertz CT molecular complexity index is 1070. The number of aryl methyl sites for hydroxylation is 1. The van der Waals surface area contributed by atoms with Crippen molar-refractivity contribution in [2.75, 3.05) is 32.2 Å². The Kier molecular flexibility index (Phi) is 5.65. The third-order valence-corrected chi connectivity index (χ3v) is 6.48. The Morgan fingerprint density at radius 3 is 2.84 bits per heavy atom. The van der Waals surface area contributed by atoms with Crippen molar-refractivity contribution in [3.63, 3.8) is 0 Å². The zero-order chi connectivity index (χ0) is 21.2. The zero-order valence-electron chi connectivity index (χ0n) is 17.8. The molecule has 5 rings (SSSR count). The van der Waals surface area contributed by atoms with E-state index in [-0.39, 0.29) is 6.04 Å². The maximum absolute atomic E-state index is 5.79. The SMILES string of the molecule is COc1cc2c(cc1CN1CCC[C@H]1c1cccc(Nc3ncc(C)s3)n1)OCCO2. The molecular weight excluding hydrogens is 412 g/mol. The van der Waals surface area contributed by atoms with Gasteiger partial charge in [-0.05, 0) is 44.5 Å². The van der Waals surface area contributed by atoms with E-state index in [4.69, 9.17) is 19.2 Å². The van der Waals surface area contributed by atoms with Gasteiger partial charge in [0.25, 0.3) is 0 Å². The summed E-state index contributed by atoms with van der Waals surface area (Å²) in [5.74, 6) is 3.21. The fourth-order valence-electron chi connectivity index (χ4n) is 4.22. The summed E-state index contributed by atoms with van der Waals surface area (Å²) in [5.41, 5.74) is 2.18. The topological polar surface area (TPSA) is 68.7 Å². The molecule has 8 heteroatoms. The molecule has 2 aliphatic rings. The lowest BCUT2D eigenvalue weighted by Crippen LogP contribution is -2.24. The molecule has 0 unspecified atom stereocenters. The van der Waals surface area contributed by atoms with Crippen molar-refractivity contribution in [2.45, 2.75) is 32.4 Å². The minimum Gasteiger partial charge on any atom is -0.496 e. The van der Waals surface area contributed by atoms with Gasteiger partial charge in [0, 0.05) is 29.2 Å². The van der Waals surface area contributed by atoms with E-state index in [0.29, 0.717) is 13.2 Å². The summed E-state index contributed by atoms with van der Waals surface area (Å²) in [5, 5.41) is 4.20. The molecule has 0 amide bonds. The number of aromatic nitrogens is 2. The molecule has 2 aromatic heterocycles. The van der Waals surface area contributed by atoms with E-state index >= 15 is 0 Å². The lowest BCUT2D eigenvalue weighted by atomic mass is 10.1. The Labute approximate surface area is 186 Å². The van der Waals surface area contributed by atoms with Crippen LogP contribution in [-0.2, 0) is 6.54 Å². The molecule has 0 spiro atoms. The monoisotopic (exact) mass is 438 g/mol. The van der Waals surface area contributed by atoms with Crippen molar-refractivity contribution in [2.24, 2.45) is 0 Å². The molecule has 0 saturated carbocycles. The number of fused-ring (bicyclic) bond motifs is 1. The van der Waals surface area contributed by atoms with Crippen LogP contribution in [0.15, 0.2) is 36.5 Å². The molecule has 0 bridgehead atoms. The number of nitrogens with one attached hydrogen (secondary N) is 1. The van der Waals surface area contributed by atoms with E-state index < -0.39 is 0 Å². The molecule has 3 aromatic rings. The fourth-order valence-corrected chi connectivity index (χ4v) is 4.90. The van der Waals surface area contributed by atoms with Crippen LogP contribution in [0.4, 0.5) is 10.9 Å². The molecule has 4 heterocycles. The van der Waals surface area contributed by atoms with Crippen LogP contribution in [0.1, 0.15) is 35.0 Å². The first-order valence-electron chi connectivity index (χ1n) is 10.6. The Morgan fingerprint density at radius 2 is 2.06 bits per heavy atom. The summed E-state index contributed by atoms with van der Waals surface area (Å²) in [6.45, 7) is 4.99. The van der Waals surface area contributed by atoms with Gasteiger partial charge in [0.05, 0.1) is 18.8 Å². The van der Waals surface area contributed by atoms with Gasteiger partial charge in [-0.1, -0.05) is 6.07 Å². The third kappa shape index (κ3) is 4.31. The molecule has 162 valence electrons. The van der Waals surface area contributed by atoms with Crippen molar-refractivity contribution >= 4 is 22.3 Å². The molecule has 7 nitrogen and oxygen atoms in total. The van der Waals surface area contributed by atoms with E-state index in [2.05, 4.69) is 40.3 Å². The highest BCUT2D eigenvalue weighted by atomic mass is 32.1. The van der Waals surface area contributed by atoms with Crippen molar-refractivity contribution in [3.05, 3.63) is 52.7 Å². The second-order valence-electron chi connectivity index (χ2n) is 7.78. The second-order valence-corrected chi connectivity index (χ2v) is 9.02. The van der Waals surface area contributed by atoms with E-state index in [9.17, 15) is 0 Å². The van der Waals surface area contributed by atoms with Crippen molar-refractivity contribution < 1.29 is 14.2 Å². The van der Waals surface area contributed by atoms with Gasteiger partial charge in [0.2, 0.25) is 0 Å². The Hall–Kier alpha value is -2.84. The van der Waals surface area contributed by atoms with Gasteiger partial charge in [-0.15, -0.1) is 11.3 Å². The highest BCUT2D eigenvalue weighted by Crippen LogP contribution is 2.40. The number of ether oxygens (including phenoxy) is 3. The van der Waals surface area contributed by atoms with Crippen LogP contribution in [0.3, 0.4) is 0 Å². The lowest BCUT2D eigenvalue weighted by molar-refractivity contribution is 0.169. The van der Waals surface area contributed by atoms with E-state index in [0.717, 1.165) is 65.4 Å². The highest BCUT2D eigenvalue weighted by Gasteiger charge is 2.29. The summed E-state index contributed by atoms with van der Waals surface area (Å²) in [7, 11) is 1.70. The number of thiazole rings is 1. The first-order chi connectivity index (χ1) is 15.2. The summed E-state index contributed by atoms with van der Waals surface area (Å²) < 4.78 is 17.2. The number of anilines is 2. The van der Waals surface area contributed by atoms with Gasteiger partial charge in [-0.3, -0.25) is 4.90 Å². The summed E-state index contributed by atoms with van der Waals surface area (Å²) in [6, 6.07) is 10.4. The summed E-state index contributed by atoms with van der Waals surface area (Å²) in [4.78, 5) is 12.9. The van der Waals surface area contributed by atoms with Crippen LogP contribution in [0, 0.1) is 6.92 Å². The Morgan fingerprint density at radius 1 is 1.23 bits per heavy atom. The smallest absolute Gasteiger partial charge is 0.188 e. The van der Waals surface area contributed by atoms with Crippen LogP contribution in [0.25, 0.3) is 0 Å². The average Bonchev–Trinajstić information content (AvgIpc) is 3.42. The van der Waals surface area contributed by atoms with E-state index in [1.807, 2.05) is 18.3 Å². The lowest BCUT2D eigenvalue weighted by Gasteiger charge is -2.26. The summed E-state index contributed by atoms with van der Waals surface area (Å²) >= 11 is 1.63. The summed E-state index contributed by atoms with van der Waals surface area (Å²) in [6.07, 6.45) is 4.10. The number of hydrogen-bond acceptors (Lipinski definition) is 8. The molecule has 1 aromatic carbocycles. The number of likely N-dealkylation sites (tertiary alicyclic amines) is 1. The minimum absolute atomic E-state index is 0.262. The minimum atomic E-state index is 0.262. The van der Waals surface area contributed by atoms with Crippen molar-refractivity contribution in [1.29, 1.82) is 0 Å². The highest BCUT2D eigenvalue weighted by molar-refractivity contribution is 7.15. The normalized spacial score (nSPS) is 18.2. The molecule has 1 atom stereocenters. The van der Waals surface area contributed by atoms with Gasteiger partial charge in [0.1, 0.15) is 24.8 Å². The van der Waals surface area contributed by atoms with Crippen LogP contribution in [-0.4, -0.2) is 41.7 Å². The molecule has 0 radical (unpaired) electrons. The van der Waals surface area contributed by atoms with Gasteiger partial charge in [-0.25, -0.2) is 9.97 Å². The number of hydrogen-bond donors (Lipinski definition) is 1. The third-order valence-electron chi connectivity index (χ3n) is 5.65. The molecular formula is C23H26N4O3S. The van der Waals surface area contributed by atoms with Gasteiger partial charge in [0.15, 0.2) is 16.6 Å². The standard InChI is InChI=1S/C23H26N4O3S/c1-15-13-24-23(31-15)26-22-7-3-5-17(25-22)18-6-4-8-27(18)14-16-11-20-21(12-19(16)28-2)30-10-9-29-20/h3,5,7,11-13,18H,4,6,8-10,14H2,1-2H3,(H,24,25,26)/t18-/m0/s1. The largest absolute Gasteiger partial charge is 0.496 e. The van der Waals surface area contributed by atoms with Crippen LogP contribution in [0.5, 0.6) is 17.2 Å². The zero-order valence-corrected chi connectivity index (χ0v) is 18.6. The molecule has 1 saturated heterocycles. The van der Waals surface area contributed by atoms with Crippen LogP contribution >= 0.6 is 11.3 Å². The van der Waals surface area contributed by atoms with Crippen LogP contribution in [0.2, 0.25) is 0 Å². The van der Waals surface area contributed by atoms with Crippen molar-refractivity contribution in [3.8, 4) is 17.2 Å². The molecule has 1 N–H and O–H groups in total. The van der Waals surface area contributed by atoms with Gasteiger partial charge in [-0.2, -0.15) is 0 Å². The first-order valence-corrected chi connectivity index (χ1v) is 11.4. The number of pyridine rings is 1. The number of nitrogens with zero attached hydrogens (tertiary/aromatic N) is 3. The molecule has 2 aliphatic heterocycles. The van der Waals surface area contributed by atoms with Gasteiger partial charge >= 0.3 is 0 Å². The number of rotatable bonds is 6. The number of methoxy groups -OCH3 is 1.